The molecule has 0 aliphatic heterocycles. The average molecular weight is 482 g/mol. The number of sulfonamides is 1. The summed E-state index contributed by atoms with van der Waals surface area (Å²) in [6.07, 6.45) is 1.59. The highest BCUT2D eigenvalue weighted by Gasteiger charge is 2.28. The first-order chi connectivity index (χ1) is 15.6. The van der Waals surface area contributed by atoms with E-state index in [4.69, 9.17) is 0 Å². The zero-order valence-electron chi connectivity index (χ0n) is 18.9. The largest absolute Gasteiger partial charge is 0.357 e. The molecule has 0 bridgehead atoms. The Morgan fingerprint density at radius 3 is 2.03 bits per heavy atom. The van der Waals surface area contributed by atoms with Crippen molar-refractivity contribution in [1.82, 2.24) is 10.2 Å². The molecular formula is C23H29F2N3O4S. The van der Waals surface area contributed by atoms with Crippen LogP contribution in [0.25, 0.3) is 0 Å². The molecule has 2 amide bonds. The van der Waals surface area contributed by atoms with Crippen LogP contribution < -0.4 is 9.62 Å². The van der Waals surface area contributed by atoms with Gasteiger partial charge in [0.25, 0.3) is 0 Å². The summed E-state index contributed by atoms with van der Waals surface area (Å²) in [5.41, 5.74) is 0.961. The number of hydrogen-bond acceptors (Lipinski definition) is 4. The molecule has 0 radical (unpaired) electrons. The molecule has 0 heterocycles. The molecule has 0 aliphatic rings. The summed E-state index contributed by atoms with van der Waals surface area (Å²) in [5, 5.41) is 2.56. The predicted octanol–water partition coefficient (Wildman–Crippen LogP) is 3.06. The number of anilines is 1. The summed E-state index contributed by atoms with van der Waals surface area (Å²) in [6.45, 7) is 1.90. The molecule has 2 aromatic rings. The Labute approximate surface area is 193 Å². The van der Waals surface area contributed by atoms with Crippen LogP contribution in [0.5, 0.6) is 0 Å². The lowest BCUT2D eigenvalue weighted by atomic mass is 10.1. The molecule has 0 aromatic heterocycles. The lowest BCUT2D eigenvalue weighted by Crippen LogP contribution is -2.48. The van der Waals surface area contributed by atoms with Crippen molar-refractivity contribution in [1.29, 1.82) is 0 Å². The van der Waals surface area contributed by atoms with Gasteiger partial charge in [-0.1, -0.05) is 19.1 Å². The number of carbonyl (C=O) groups is 2. The minimum absolute atomic E-state index is 0.0113. The van der Waals surface area contributed by atoms with Gasteiger partial charge in [0.05, 0.1) is 11.9 Å². The van der Waals surface area contributed by atoms with E-state index in [-0.39, 0.29) is 37.7 Å². The van der Waals surface area contributed by atoms with Crippen LogP contribution in [0.15, 0.2) is 48.5 Å². The zero-order valence-corrected chi connectivity index (χ0v) is 19.7. The van der Waals surface area contributed by atoms with Gasteiger partial charge in [-0.3, -0.25) is 13.9 Å². The number of rotatable bonds is 11. The standard InChI is InChI=1S/C23H29F2N3O4S/c1-4-21(23(30)26-2)27(16-17-7-9-18(24)10-8-17)22(29)6-5-15-28(33(3,31)32)20-13-11-19(25)12-14-20/h7-14,21H,4-6,15-16H2,1-3H3,(H,26,30). The van der Waals surface area contributed by atoms with Crippen LogP contribution in [0.4, 0.5) is 14.5 Å². The first-order valence-corrected chi connectivity index (χ1v) is 12.4. The maximum atomic E-state index is 13.3. The van der Waals surface area contributed by atoms with Crippen molar-refractivity contribution in [3.8, 4) is 0 Å². The Bertz CT molecular complexity index is 1040. The van der Waals surface area contributed by atoms with Gasteiger partial charge in [-0.25, -0.2) is 17.2 Å². The highest BCUT2D eigenvalue weighted by atomic mass is 32.2. The number of hydrogen-bond donors (Lipinski definition) is 1. The van der Waals surface area contributed by atoms with Gasteiger partial charge >= 0.3 is 0 Å². The smallest absolute Gasteiger partial charge is 0.242 e. The Balaban J connectivity index is 2.17. The lowest BCUT2D eigenvalue weighted by Gasteiger charge is -2.30. The highest BCUT2D eigenvalue weighted by Crippen LogP contribution is 2.20. The van der Waals surface area contributed by atoms with E-state index in [2.05, 4.69) is 5.32 Å². The molecule has 1 atom stereocenters. The van der Waals surface area contributed by atoms with Crippen LogP contribution >= 0.6 is 0 Å². The molecule has 0 saturated heterocycles. The van der Waals surface area contributed by atoms with Crippen LogP contribution in [-0.2, 0) is 26.2 Å². The van der Waals surface area contributed by atoms with E-state index in [9.17, 15) is 26.8 Å². The number of likely N-dealkylation sites (N-methyl/N-ethyl adjacent to an activating group) is 1. The second-order valence-corrected chi connectivity index (χ2v) is 9.51. The maximum absolute atomic E-state index is 13.3. The molecular weight excluding hydrogens is 452 g/mol. The molecule has 0 aliphatic carbocycles. The third kappa shape index (κ3) is 7.52. The van der Waals surface area contributed by atoms with E-state index in [1.807, 2.05) is 0 Å². The Kier molecular flexibility index (Phi) is 9.33. The summed E-state index contributed by atoms with van der Waals surface area (Å²) in [6, 6.07) is 9.98. The number of halogens is 2. The van der Waals surface area contributed by atoms with Crippen LogP contribution in [-0.4, -0.2) is 51.0 Å². The fraction of sp³-hybridized carbons (Fsp3) is 0.391. The van der Waals surface area contributed by atoms with Crippen molar-refractivity contribution in [2.75, 3.05) is 24.2 Å². The molecule has 0 saturated carbocycles. The minimum Gasteiger partial charge on any atom is -0.357 e. The second kappa shape index (κ2) is 11.7. The average Bonchev–Trinajstić information content (AvgIpc) is 2.77. The first kappa shape index (κ1) is 26.2. The third-order valence-corrected chi connectivity index (χ3v) is 6.36. The minimum atomic E-state index is -3.65. The molecule has 0 fully saturated rings. The van der Waals surface area contributed by atoms with Crippen LogP contribution in [0, 0.1) is 11.6 Å². The summed E-state index contributed by atoms with van der Waals surface area (Å²) in [5.74, 6) is -1.55. The fourth-order valence-electron chi connectivity index (χ4n) is 3.48. The molecule has 10 heteroatoms. The molecule has 33 heavy (non-hydrogen) atoms. The third-order valence-electron chi connectivity index (χ3n) is 5.17. The van der Waals surface area contributed by atoms with Crippen molar-refractivity contribution in [3.63, 3.8) is 0 Å². The van der Waals surface area contributed by atoms with E-state index >= 15 is 0 Å². The highest BCUT2D eigenvalue weighted by molar-refractivity contribution is 7.92. The fourth-order valence-corrected chi connectivity index (χ4v) is 4.45. The Hall–Kier alpha value is -3.01. The summed E-state index contributed by atoms with van der Waals surface area (Å²) < 4.78 is 52.1. The summed E-state index contributed by atoms with van der Waals surface area (Å²) >= 11 is 0. The van der Waals surface area contributed by atoms with Crippen molar-refractivity contribution in [3.05, 3.63) is 65.7 Å². The van der Waals surface area contributed by atoms with E-state index in [1.165, 1.54) is 36.2 Å². The molecule has 1 N–H and O–H groups in total. The van der Waals surface area contributed by atoms with Gasteiger partial charge in [0.1, 0.15) is 17.7 Å². The number of nitrogens with one attached hydrogen (secondary N) is 1. The van der Waals surface area contributed by atoms with Gasteiger partial charge in [-0.15, -0.1) is 0 Å². The van der Waals surface area contributed by atoms with Gasteiger partial charge in [-0.05, 0) is 54.8 Å². The molecule has 1 unspecified atom stereocenters. The first-order valence-electron chi connectivity index (χ1n) is 10.6. The summed E-state index contributed by atoms with van der Waals surface area (Å²) in [4.78, 5) is 26.9. The van der Waals surface area contributed by atoms with E-state index in [1.54, 1.807) is 19.1 Å². The van der Waals surface area contributed by atoms with Crippen molar-refractivity contribution < 1.29 is 26.8 Å². The number of amides is 2. The number of nitrogens with zero attached hydrogens (tertiary/aromatic N) is 2. The zero-order chi connectivity index (χ0) is 24.6. The molecule has 2 rings (SSSR count). The molecule has 180 valence electrons. The van der Waals surface area contributed by atoms with Crippen LogP contribution in [0.3, 0.4) is 0 Å². The Morgan fingerprint density at radius 2 is 1.55 bits per heavy atom. The van der Waals surface area contributed by atoms with Crippen molar-refractivity contribution in [2.24, 2.45) is 0 Å². The SMILES string of the molecule is CCC(C(=O)NC)N(Cc1ccc(F)cc1)C(=O)CCCN(c1ccc(F)cc1)S(C)(=O)=O. The monoisotopic (exact) mass is 481 g/mol. The molecule has 0 spiro atoms. The quantitative estimate of drug-likeness (QED) is 0.535. The van der Waals surface area contributed by atoms with Crippen LogP contribution in [0.1, 0.15) is 31.7 Å². The number of carbonyl (C=O) groups excluding carboxylic acids is 2. The van der Waals surface area contributed by atoms with E-state index in [0.29, 0.717) is 17.7 Å². The second-order valence-electron chi connectivity index (χ2n) is 7.60. The van der Waals surface area contributed by atoms with E-state index in [0.717, 1.165) is 22.7 Å². The van der Waals surface area contributed by atoms with Gasteiger partial charge in [0.2, 0.25) is 21.8 Å². The molecule has 2 aromatic carbocycles. The Morgan fingerprint density at radius 1 is 1.00 bits per heavy atom. The predicted molar refractivity (Wildman–Crippen MR) is 123 cm³/mol. The lowest BCUT2D eigenvalue weighted by molar-refractivity contribution is -0.141. The van der Waals surface area contributed by atoms with E-state index < -0.39 is 27.7 Å². The van der Waals surface area contributed by atoms with Gasteiger partial charge < -0.3 is 10.2 Å². The van der Waals surface area contributed by atoms with Crippen LogP contribution in [0.2, 0.25) is 0 Å². The van der Waals surface area contributed by atoms with Gasteiger partial charge in [-0.2, -0.15) is 0 Å². The molecule has 7 nitrogen and oxygen atoms in total. The van der Waals surface area contributed by atoms with Gasteiger partial charge in [0.15, 0.2) is 0 Å². The topological polar surface area (TPSA) is 86.8 Å². The van der Waals surface area contributed by atoms with Gasteiger partial charge in [0, 0.05) is 26.6 Å². The van der Waals surface area contributed by atoms with Crippen molar-refractivity contribution >= 4 is 27.5 Å². The van der Waals surface area contributed by atoms with Crippen molar-refractivity contribution in [2.45, 2.75) is 38.8 Å². The number of benzene rings is 2. The summed E-state index contributed by atoms with van der Waals surface area (Å²) in [7, 11) is -2.17. The maximum Gasteiger partial charge on any atom is 0.242 e. The normalized spacial score (nSPS) is 12.2.